The molecule has 0 aliphatic heterocycles. The van der Waals surface area contributed by atoms with Gasteiger partial charge in [-0.2, -0.15) is 5.10 Å². The number of hydrogen-bond donors (Lipinski definition) is 0. The van der Waals surface area contributed by atoms with Crippen LogP contribution in [0.25, 0.3) is 11.4 Å². The number of rotatable bonds is 9. The van der Waals surface area contributed by atoms with Gasteiger partial charge < -0.3 is 9.47 Å². The second kappa shape index (κ2) is 11.5. The molecule has 1 aromatic carbocycles. The normalized spacial score (nSPS) is 12.6. The standard InChI is InChI=1S/C27H32BrN3O3/c1-6-31-23(18-24(32)34-27(2,3)4)25(26(30-31)22-11-7-8-16-29-22)21(10-9-17-33-5)19-12-14-20(28)15-13-19/h7-9,11-17,21H,6,10,18H2,1-5H3. The Hall–Kier alpha value is -2.93. The Morgan fingerprint density at radius 3 is 2.50 bits per heavy atom. The van der Waals surface area contributed by atoms with E-state index in [1.165, 1.54) is 0 Å². The molecule has 1 unspecified atom stereocenters. The number of esters is 1. The smallest absolute Gasteiger partial charge is 0.312 e. The number of hydrogen-bond acceptors (Lipinski definition) is 5. The summed E-state index contributed by atoms with van der Waals surface area (Å²) in [6.07, 6.45) is 6.24. The topological polar surface area (TPSA) is 66.2 Å². The molecule has 2 heterocycles. The molecule has 0 radical (unpaired) electrons. The van der Waals surface area contributed by atoms with Crippen LogP contribution in [0.5, 0.6) is 0 Å². The first-order chi connectivity index (χ1) is 16.2. The minimum Gasteiger partial charge on any atom is -0.505 e. The molecule has 0 aliphatic carbocycles. The van der Waals surface area contributed by atoms with E-state index in [4.69, 9.17) is 14.6 Å². The van der Waals surface area contributed by atoms with Crippen molar-refractivity contribution in [1.29, 1.82) is 0 Å². The molecule has 0 spiro atoms. The lowest BCUT2D eigenvalue weighted by Crippen LogP contribution is -2.26. The average molecular weight is 526 g/mol. The zero-order chi connectivity index (χ0) is 24.7. The fourth-order valence-electron chi connectivity index (χ4n) is 3.93. The van der Waals surface area contributed by atoms with Crippen LogP contribution in [0.15, 0.2) is 65.5 Å². The Morgan fingerprint density at radius 2 is 1.91 bits per heavy atom. The van der Waals surface area contributed by atoms with E-state index >= 15 is 0 Å². The van der Waals surface area contributed by atoms with Crippen molar-refractivity contribution < 1.29 is 14.3 Å². The van der Waals surface area contributed by atoms with Gasteiger partial charge in [0, 0.05) is 28.7 Å². The highest BCUT2D eigenvalue weighted by Gasteiger charge is 2.29. The lowest BCUT2D eigenvalue weighted by molar-refractivity contribution is -0.154. The Morgan fingerprint density at radius 1 is 1.18 bits per heavy atom. The molecule has 34 heavy (non-hydrogen) atoms. The largest absolute Gasteiger partial charge is 0.505 e. The lowest BCUT2D eigenvalue weighted by Gasteiger charge is -2.22. The first-order valence-electron chi connectivity index (χ1n) is 11.4. The molecule has 6 nitrogen and oxygen atoms in total. The molecule has 0 saturated heterocycles. The fraction of sp³-hybridized carbons (Fsp3) is 0.370. The summed E-state index contributed by atoms with van der Waals surface area (Å²) in [5.74, 6) is -0.341. The maximum atomic E-state index is 12.9. The number of aromatic nitrogens is 3. The summed E-state index contributed by atoms with van der Waals surface area (Å²) < 4.78 is 13.8. The third kappa shape index (κ3) is 6.56. The summed E-state index contributed by atoms with van der Waals surface area (Å²) in [6.45, 7) is 8.28. The van der Waals surface area contributed by atoms with Crippen molar-refractivity contribution in [2.24, 2.45) is 0 Å². The van der Waals surface area contributed by atoms with Crippen LogP contribution in [0, 0.1) is 0 Å². The lowest BCUT2D eigenvalue weighted by atomic mass is 9.85. The van der Waals surface area contributed by atoms with E-state index in [2.05, 4.69) is 33.0 Å². The van der Waals surface area contributed by atoms with E-state index in [-0.39, 0.29) is 18.3 Å². The van der Waals surface area contributed by atoms with Gasteiger partial charge in [-0.1, -0.05) is 34.1 Å². The monoisotopic (exact) mass is 525 g/mol. The maximum Gasteiger partial charge on any atom is 0.312 e. The van der Waals surface area contributed by atoms with Crippen molar-refractivity contribution in [3.63, 3.8) is 0 Å². The Kier molecular flexibility index (Phi) is 8.67. The summed E-state index contributed by atoms with van der Waals surface area (Å²) in [7, 11) is 1.63. The van der Waals surface area contributed by atoms with Gasteiger partial charge in [-0.05, 0) is 70.0 Å². The summed E-state index contributed by atoms with van der Waals surface area (Å²) in [4.78, 5) is 17.5. The van der Waals surface area contributed by atoms with Gasteiger partial charge in [0.15, 0.2) is 0 Å². The van der Waals surface area contributed by atoms with E-state index in [1.54, 1.807) is 19.6 Å². The maximum absolute atomic E-state index is 12.9. The zero-order valence-corrected chi connectivity index (χ0v) is 22.0. The van der Waals surface area contributed by atoms with Crippen molar-refractivity contribution in [2.45, 2.75) is 58.6 Å². The summed E-state index contributed by atoms with van der Waals surface area (Å²) in [5, 5.41) is 4.92. The Bertz CT molecular complexity index is 1120. The van der Waals surface area contributed by atoms with Gasteiger partial charge in [0.2, 0.25) is 0 Å². The fourth-order valence-corrected chi connectivity index (χ4v) is 4.20. The Labute approximate surface area is 210 Å². The number of nitrogens with zero attached hydrogens (tertiary/aromatic N) is 3. The molecule has 3 rings (SSSR count). The Balaban J connectivity index is 2.22. The van der Waals surface area contributed by atoms with Crippen molar-refractivity contribution in [3.05, 3.63) is 82.3 Å². The van der Waals surface area contributed by atoms with E-state index < -0.39 is 5.60 Å². The molecular formula is C27H32BrN3O3. The van der Waals surface area contributed by atoms with Crippen LogP contribution in [0.3, 0.4) is 0 Å². The predicted molar refractivity (Wildman–Crippen MR) is 137 cm³/mol. The molecule has 0 bridgehead atoms. The number of methoxy groups -OCH3 is 1. The second-order valence-electron chi connectivity index (χ2n) is 8.95. The highest BCUT2D eigenvalue weighted by atomic mass is 79.9. The molecule has 0 N–H and O–H groups in total. The summed E-state index contributed by atoms with van der Waals surface area (Å²) in [6, 6.07) is 14.0. The van der Waals surface area contributed by atoms with Crippen molar-refractivity contribution >= 4 is 21.9 Å². The highest BCUT2D eigenvalue weighted by molar-refractivity contribution is 9.10. The van der Waals surface area contributed by atoms with Crippen LogP contribution >= 0.6 is 15.9 Å². The number of pyridine rings is 1. The van der Waals surface area contributed by atoms with Gasteiger partial charge in [0.25, 0.3) is 0 Å². The number of allylic oxidation sites excluding steroid dienone is 1. The van der Waals surface area contributed by atoms with Gasteiger partial charge >= 0.3 is 5.97 Å². The second-order valence-corrected chi connectivity index (χ2v) is 9.87. The molecule has 0 saturated carbocycles. The molecule has 0 amide bonds. The summed E-state index contributed by atoms with van der Waals surface area (Å²) in [5.41, 5.74) is 3.92. The first kappa shape index (κ1) is 25.7. The van der Waals surface area contributed by atoms with Gasteiger partial charge in [-0.15, -0.1) is 0 Å². The SMILES string of the molecule is CCn1nc(-c2ccccn2)c(C(CC=COC)c2ccc(Br)cc2)c1CC(=O)OC(C)(C)C. The van der Waals surface area contributed by atoms with E-state index in [0.29, 0.717) is 13.0 Å². The van der Waals surface area contributed by atoms with E-state index in [9.17, 15) is 4.79 Å². The van der Waals surface area contributed by atoms with Gasteiger partial charge in [0.05, 0.1) is 31.2 Å². The van der Waals surface area contributed by atoms with E-state index in [0.717, 1.165) is 32.7 Å². The van der Waals surface area contributed by atoms with Crippen LogP contribution in [-0.2, 0) is 27.2 Å². The number of aryl methyl sites for hydroxylation is 1. The van der Waals surface area contributed by atoms with Gasteiger partial charge in [0.1, 0.15) is 11.3 Å². The number of benzene rings is 1. The van der Waals surface area contributed by atoms with Crippen molar-refractivity contribution in [3.8, 4) is 11.4 Å². The molecule has 3 aromatic rings. The number of carbonyl (C=O) groups excluding carboxylic acids is 1. The van der Waals surface area contributed by atoms with Gasteiger partial charge in [-0.25, -0.2) is 0 Å². The number of carbonyl (C=O) groups is 1. The summed E-state index contributed by atoms with van der Waals surface area (Å²) >= 11 is 3.53. The van der Waals surface area contributed by atoms with Crippen LogP contribution in [0.1, 0.15) is 56.9 Å². The third-order valence-corrected chi connectivity index (χ3v) is 5.79. The zero-order valence-electron chi connectivity index (χ0n) is 20.4. The molecule has 180 valence electrons. The molecule has 7 heteroatoms. The van der Waals surface area contributed by atoms with Crippen LogP contribution < -0.4 is 0 Å². The minimum atomic E-state index is -0.565. The molecule has 1 atom stereocenters. The number of halogens is 1. The van der Waals surface area contributed by atoms with Gasteiger partial charge in [-0.3, -0.25) is 14.5 Å². The highest BCUT2D eigenvalue weighted by Crippen LogP contribution is 2.38. The van der Waals surface area contributed by atoms with E-state index in [1.807, 2.05) is 68.8 Å². The third-order valence-electron chi connectivity index (χ3n) is 5.26. The van der Waals surface area contributed by atoms with Crippen LogP contribution in [0.2, 0.25) is 0 Å². The van der Waals surface area contributed by atoms with Crippen LogP contribution in [-0.4, -0.2) is 33.4 Å². The molecule has 0 aliphatic rings. The molecule has 0 fully saturated rings. The van der Waals surface area contributed by atoms with Crippen molar-refractivity contribution in [2.75, 3.05) is 7.11 Å². The van der Waals surface area contributed by atoms with Crippen molar-refractivity contribution in [1.82, 2.24) is 14.8 Å². The predicted octanol–water partition coefficient (Wildman–Crippen LogP) is 6.29. The number of ether oxygens (including phenoxy) is 2. The quantitative estimate of drug-likeness (QED) is 0.242. The van der Waals surface area contributed by atoms with Crippen LogP contribution in [0.4, 0.5) is 0 Å². The minimum absolute atomic E-state index is 0.0609. The molecular weight excluding hydrogens is 494 g/mol. The first-order valence-corrected chi connectivity index (χ1v) is 12.2. The molecule has 2 aromatic heterocycles. The average Bonchev–Trinajstić information content (AvgIpc) is 3.14.